The smallest absolute Gasteiger partial charge is 0.423 e. The van der Waals surface area contributed by atoms with Crippen LogP contribution in [0.5, 0.6) is 0 Å². The summed E-state index contributed by atoms with van der Waals surface area (Å²) in [6.07, 6.45) is 1.74. The van der Waals surface area contributed by atoms with Gasteiger partial charge in [-0.25, -0.2) is 4.39 Å². The molecule has 0 atom stereocenters. The van der Waals surface area contributed by atoms with Gasteiger partial charge in [0.25, 0.3) is 0 Å². The van der Waals surface area contributed by atoms with Crippen LogP contribution in [0, 0.1) is 5.82 Å². The van der Waals surface area contributed by atoms with Crippen molar-refractivity contribution >= 4 is 23.5 Å². The molecule has 1 aromatic heterocycles. The number of aromatic nitrogens is 2. The standard InChI is InChI=1S/C14H12BFN2O2/c16-13-6-11-9-18(8-10-4-2-1-3-5-10)17-14(11)7-12(13)15(19)20/h1-7,9,19-20H,8H2. The lowest BCUT2D eigenvalue weighted by atomic mass is 9.79. The van der Waals surface area contributed by atoms with Crippen molar-refractivity contribution in [1.29, 1.82) is 0 Å². The van der Waals surface area contributed by atoms with Crippen LogP contribution in [-0.4, -0.2) is 26.9 Å². The molecule has 0 radical (unpaired) electrons. The van der Waals surface area contributed by atoms with E-state index in [0.29, 0.717) is 17.4 Å². The summed E-state index contributed by atoms with van der Waals surface area (Å²) in [6, 6.07) is 12.4. The zero-order valence-corrected chi connectivity index (χ0v) is 10.6. The molecule has 20 heavy (non-hydrogen) atoms. The van der Waals surface area contributed by atoms with E-state index in [1.165, 1.54) is 12.1 Å². The summed E-state index contributed by atoms with van der Waals surface area (Å²) < 4.78 is 15.4. The van der Waals surface area contributed by atoms with Gasteiger partial charge in [0.15, 0.2) is 0 Å². The summed E-state index contributed by atoms with van der Waals surface area (Å²) in [7, 11) is -1.83. The number of halogens is 1. The number of hydrogen-bond donors (Lipinski definition) is 2. The molecular formula is C14H12BFN2O2. The normalized spacial score (nSPS) is 10.9. The Morgan fingerprint density at radius 3 is 2.60 bits per heavy atom. The number of hydrogen-bond acceptors (Lipinski definition) is 3. The van der Waals surface area contributed by atoms with Crippen LogP contribution in [0.1, 0.15) is 5.56 Å². The van der Waals surface area contributed by atoms with Gasteiger partial charge in [-0.1, -0.05) is 30.3 Å². The van der Waals surface area contributed by atoms with E-state index in [-0.39, 0.29) is 5.46 Å². The van der Waals surface area contributed by atoms with E-state index in [9.17, 15) is 4.39 Å². The van der Waals surface area contributed by atoms with Crippen LogP contribution in [0.25, 0.3) is 10.9 Å². The highest BCUT2D eigenvalue weighted by Crippen LogP contribution is 2.14. The molecule has 0 amide bonds. The molecule has 0 saturated heterocycles. The molecular weight excluding hydrogens is 258 g/mol. The summed E-state index contributed by atoms with van der Waals surface area (Å²) in [5, 5.41) is 23.1. The van der Waals surface area contributed by atoms with Crippen molar-refractivity contribution < 1.29 is 14.4 Å². The Hall–Kier alpha value is -2.18. The van der Waals surface area contributed by atoms with Crippen LogP contribution >= 0.6 is 0 Å². The highest BCUT2D eigenvalue weighted by Gasteiger charge is 2.18. The monoisotopic (exact) mass is 270 g/mol. The third-order valence-corrected chi connectivity index (χ3v) is 3.14. The van der Waals surface area contributed by atoms with Gasteiger partial charge in [0.2, 0.25) is 0 Å². The fourth-order valence-corrected chi connectivity index (χ4v) is 2.16. The minimum atomic E-state index is -1.83. The largest absolute Gasteiger partial charge is 0.491 e. The van der Waals surface area contributed by atoms with Gasteiger partial charge in [-0.05, 0) is 17.7 Å². The van der Waals surface area contributed by atoms with Crippen LogP contribution in [0.2, 0.25) is 0 Å². The first kappa shape index (κ1) is 12.8. The van der Waals surface area contributed by atoms with Gasteiger partial charge in [0.1, 0.15) is 5.82 Å². The van der Waals surface area contributed by atoms with Crippen molar-refractivity contribution in [2.75, 3.05) is 0 Å². The molecule has 4 nitrogen and oxygen atoms in total. The minimum absolute atomic E-state index is 0.164. The van der Waals surface area contributed by atoms with E-state index < -0.39 is 12.9 Å². The molecule has 6 heteroatoms. The van der Waals surface area contributed by atoms with Crippen molar-refractivity contribution in [1.82, 2.24) is 9.78 Å². The molecule has 2 N–H and O–H groups in total. The average molecular weight is 270 g/mol. The first-order valence-corrected chi connectivity index (χ1v) is 6.20. The average Bonchev–Trinajstić information content (AvgIpc) is 2.79. The number of nitrogens with zero attached hydrogens (tertiary/aromatic N) is 2. The molecule has 1 heterocycles. The third kappa shape index (κ3) is 2.43. The molecule has 100 valence electrons. The molecule has 0 fully saturated rings. The Kier molecular flexibility index (Phi) is 3.26. The lowest BCUT2D eigenvalue weighted by molar-refractivity contribution is 0.423. The van der Waals surface area contributed by atoms with Gasteiger partial charge in [0.05, 0.1) is 12.1 Å². The summed E-state index contributed by atoms with van der Waals surface area (Å²) in [4.78, 5) is 0. The lowest BCUT2D eigenvalue weighted by Gasteiger charge is -2.00. The fourth-order valence-electron chi connectivity index (χ4n) is 2.16. The zero-order chi connectivity index (χ0) is 14.1. The first-order valence-electron chi connectivity index (χ1n) is 6.20. The maximum absolute atomic E-state index is 13.6. The molecule has 2 aromatic carbocycles. The van der Waals surface area contributed by atoms with Gasteiger partial charge >= 0.3 is 7.12 Å². The van der Waals surface area contributed by atoms with Gasteiger partial charge in [-0.3, -0.25) is 4.68 Å². The lowest BCUT2D eigenvalue weighted by Crippen LogP contribution is -2.32. The topological polar surface area (TPSA) is 58.3 Å². The van der Waals surface area contributed by atoms with Gasteiger partial charge in [-0.2, -0.15) is 5.10 Å². The molecule has 3 rings (SSSR count). The highest BCUT2D eigenvalue weighted by molar-refractivity contribution is 6.59. The van der Waals surface area contributed by atoms with E-state index >= 15 is 0 Å². The van der Waals surface area contributed by atoms with Crippen molar-refractivity contribution in [3.05, 3.63) is 60.0 Å². The third-order valence-electron chi connectivity index (χ3n) is 3.14. The second-order valence-electron chi connectivity index (χ2n) is 4.62. The van der Waals surface area contributed by atoms with E-state index in [2.05, 4.69) is 5.10 Å². The van der Waals surface area contributed by atoms with Gasteiger partial charge < -0.3 is 10.0 Å². The second kappa shape index (κ2) is 5.07. The van der Waals surface area contributed by atoms with Gasteiger partial charge in [-0.15, -0.1) is 0 Å². The number of benzene rings is 2. The van der Waals surface area contributed by atoms with Gasteiger partial charge in [0, 0.05) is 17.0 Å². The van der Waals surface area contributed by atoms with Crippen LogP contribution < -0.4 is 5.46 Å². The van der Waals surface area contributed by atoms with Crippen LogP contribution in [0.4, 0.5) is 4.39 Å². The Morgan fingerprint density at radius 2 is 1.90 bits per heavy atom. The molecule has 3 aromatic rings. The quantitative estimate of drug-likeness (QED) is 0.695. The summed E-state index contributed by atoms with van der Waals surface area (Å²) in [6.45, 7) is 0.578. The van der Waals surface area contributed by atoms with E-state index in [0.717, 1.165) is 5.56 Å². The fraction of sp³-hybridized carbons (Fsp3) is 0.0714. The van der Waals surface area contributed by atoms with Crippen LogP contribution in [0.15, 0.2) is 48.7 Å². The molecule has 0 bridgehead atoms. The molecule has 0 aliphatic carbocycles. The predicted octanol–water partition coefficient (Wildman–Crippen LogP) is 0.903. The molecule has 0 spiro atoms. The highest BCUT2D eigenvalue weighted by atomic mass is 19.1. The van der Waals surface area contributed by atoms with Crippen molar-refractivity contribution in [2.45, 2.75) is 6.54 Å². The minimum Gasteiger partial charge on any atom is -0.423 e. The predicted molar refractivity (Wildman–Crippen MR) is 75.1 cm³/mol. The summed E-state index contributed by atoms with van der Waals surface area (Å²) in [5.74, 6) is -0.647. The Bertz CT molecular complexity index is 744. The maximum Gasteiger partial charge on any atom is 0.491 e. The van der Waals surface area contributed by atoms with Crippen molar-refractivity contribution in [3.63, 3.8) is 0 Å². The second-order valence-corrected chi connectivity index (χ2v) is 4.62. The Morgan fingerprint density at radius 1 is 1.15 bits per heavy atom. The summed E-state index contributed by atoms with van der Waals surface area (Å²) >= 11 is 0. The maximum atomic E-state index is 13.6. The van der Waals surface area contributed by atoms with E-state index in [1.54, 1.807) is 10.9 Å². The first-order chi connectivity index (χ1) is 9.63. The van der Waals surface area contributed by atoms with E-state index in [1.807, 2.05) is 30.3 Å². The molecule has 0 unspecified atom stereocenters. The molecule has 0 aliphatic heterocycles. The van der Waals surface area contributed by atoms with Crippen LogP contribution in [0.3, 0.4) is 0 Å². The number of fused-ring (bicyclic) bond motifs is 1. The van der Waals surface area contributed by atoms with Crippen LogP contribution in [-0.2, 0) is 6.54 Å². The Labute approximate surface area is 115 Å². The van der Waals surface area contributed by atoms with E-state index in [4.69, 9.17) is 10.0 Å². The Balaban J connectivity index is 1.98. The van der Waals surface area contributed by atoms with Crippen molar-refractivity contribution in [3.8, 4) is 0 Å². The number of rotatable bonds is 3. The zero-order valence-electron chi connectivity index (χ0n) is 10.6. The van der Waals surface area contributed by atoms with Crippen molar-refractivity contribution in [2.24, 2.45) is 0 Å². The molecule has 0 saturated carbocycles. The molecule has 0 aliphatic rings. The summed E-state index contributed by atoms with van der Waals surface area (Å²) in [5.41, 5.74) is 1.45. The SMILES string of the molecule is OB(O)c1cc2nn(Cc3ccccc3)cc2cc1F.